The van der Waals surface area contributed by atoms with E-state index >= 15 is 0 Å². The van der Waals surface area contributed by atoms with Gasteiger partial charge in [-0.05, 0) is 13.3 Å². The zero-order valence-electron chi connectivity index (χ0n) is 6.47. The fourth-order valence-electron chi connectivity index (χ4n) is 0.652. The Bertz CT molecular complexity index is 118. The molecule has 0 aliphatic carbocycles. The van der Waals surface area contributed by atoms with Crippen LogP contribution in [0.1, 0.15) is 26.2 Å². The fourth-order valence-corrected chi connectivity index (χ4v) is 0.652. The Morgan fingerprint density at radius 2 is 2.40 bits per heavy atom. The number of carbonyl (C=O) groups is 1. The van der Waals surface area contributed by atoms with E-state index in [-0.39, 0.29) is 11.8 Å². The average molecular weight is 141 g/mol. The minimum atomic E-state index is 0.133. The highest BCUT2D eigenvalue weighted by Crippen LogP contribution is 1.97. The lowest BCUT2D eigenvalue weighted by Crippen LogP contribution is -2.15. The van der Waals surface area contributed by atoms with Crippen LogP contribution in [0.15, 0.2) is 12.7 Å². The van der Waals surface area contributed by atoms with E-state index in [1.165, 1.54) is 0 Å². The van der Waals surface area contributed by atoms with Gasteiger partial charge < -0.3 is 5.73 Å². The maximum Gasteiger partial charge on any atom is 0.136 e. The normalized spacial score (nSPS) is 12.6. The second-order valence-electron chi connectivity index (χ2n) is 2.55. The molecule has 0 rings (SSSR count). The van der Waals surface area contributed by atoms with Crippen LogP contribution in [-0.2, 0) is 4.79 Å². The number of carbonyl (C=O) groups excluding carboxylic acids is 1. The molecule has 0 aliphatic heterocycles. The lowest BCUT2D eigenvalue weighted by atomic mass is 10.1. The smallest absolute Gasteiger partial charge is 0.136 e. The Labute approximate surface area is 62.1 Å². The van der Waals surface area contributed by atoms with E-state index in [4.69, 9.17) is 5.73 Å². The van der Waals surface area contributed by atoms with Crippen LogP contribution in [-0.4, -0.2) is 11.8 Å². The third-order valence-electron chi connectivity index (χ3n) is 1.25. The van der Waals surface area contributed by atoms with Gasteiger partial charge in [0, 0.05) is 18.9 Å². The molecule has 0 radical (unpaired) electrons. The quantitative estimate of drug-likeness (QED) is 0.586. The summed E-state index contributed by atoms with van der Waals surface area (Å²) in [5.41, 5.74) is 5.46. The first kappa shape index (κ1) is 9.37. The van der Waals surface area contributed by atoms with E-state index in [2.05, 4.69) is 6.58 Å². The predicted molar refractivity (Wildman–Crippen MR) is 42.7 cm³/mol. The van der Waals surface area contributed by atoms with Gasteiger partial charge in [0.1, 0.15) is 5.78 Å². The lowest BCUT2D eigenvalue weighted by molar-refractivity contribution is -0.118. The second kappa shape index (κ2) is 5.18. The van der Waals surface area contributed by atoms with Crippen molar-refractivity contribution in [2.45, 2.75) is 32.2 Å². The molecule has 0 spiro atoms. The molecule has 0 aromatic rings. The van der Waals surface area contributed by atoms with Crippen LogP contribution in [0.4, 0.5) is 0 Å². The van der Waals surface area contributed by atoms with Crippen LogP contribution in [0, 0.1) is 0 Å². The summed E-state index contributed by atoms with van der Waals surface area (Å²) in [6.45, 7) is 5.38. The number of Topliss-reactive ketones (excluding diaryl/α,β-unsaturated/α-hetero) is 1. The third kappa shape index (κ3) is 5.51. The molecular formula is C8H15NO. The van der Waals surface area contributed by atoms with Crippen molar-refractivity contribution in [1.82, 2.24) is 0 Å². The molecule has 2 heteroatoms. The molecule has 1 unspecified atom stereocenters. The first-order valence-corrected chi connectivity index (χ1v) is 3.55. The van der Waals surface area contributed by atoms with Gasteiger partial charge in [-0.15, -0.1) is 6.58 Å². The number of hydrogen-bond acceptors (Lipinski definition) is 2. The minimum Gasteiger partial charge on any atom is -0.328 e. The van der Waals surface area contributed by atoms with Crippen molar-refractivity contribution in [2.75, 3.05) is 0 Å². The highest BCUT2D eigenvalue weighted by molar-refractivity contribution is 5.79. The summed E-state index contributed by atoms with van der Waals surface area (Å²) in [5.74, 6) is 0.229. The van der Waals surface area contributed by atoms with Gasteiger partial charge in [-0.3, -0.25) is 4.79 Å². The SMILES string of the molecule is C=CCC(=O)CCC(C)N. The van der Waals surface area contributed by atoms with Gasteiger partial charge in [-0.25, -0.2) is 0 Å². The Hall–Kier alpha value is -0.630. The van der Waals surface area contributed by atoms with Gasteiger partial charge in [-0.2, -0.15) is 0 Å². The van der Waals surface area contributed by atoms with E-state index in [9.17, 15) is 4.79 Å². The van der Waals surface area contributed by atoms with Crippen molar-refractivity contribution in [2.24, 2.45) is 5.73 Å². The summed E-state index contributed by atoms with van der Waals surface area (Å²) in [6, 6.07) is 0.133. The third-order valence-corrected chi connectivity index (χ3v) is 1.25. The Balaban J connectivity index is 3.30. The molecule has 0 bridgehead atoms. The molecule has 0 fully saturated rings. The van der Waals surface area contributed by atoms with Gasteiger partial charge in [-0.1, -0.05) is 6.08 Å². The molecule has 2 nitrogen and oxygen atoms in total. The Morgan fingerprint density at radius 1 is 1.80 bits per heavy atom. The van der Waals surface area contributed by atoms with Crippen LogP contribution in [0.2, 0.25) is 0 Å². The van der Waals surface area contributed by atoms with Gasteiger partial charge in [0.25, 0.3) is 0 Å². The average Bonchev–Trinajstić information content (AvgIpc) is 1.85. The van der Waals surface area contributed by atoms with Crippen molar-refractivity contribution in [3.63, 3.8) is 0 Å². The summed E-state index contributed by atoms with van der Waals surface area (Å²) in [4.78, 5) is 10.8. The molecule has 0 heterocycles. The summed E-state index contributed by atoms with van der Waals surface area (Å²) in [6.07, 6.45) is 3.48. The predicted octanol–water partition coefficient (Wildman–Crippen LogP) is 1.26. The molecule has 2 N–H and O–H groups in total. The number of rotatable bonds is 5. The first-order chi connectivity index (χ1) is 4.66. The molecule has 0 aliphatic rings. The zero-order chi connectivity index (χ0) is 7.98. The van der Waals surface area contributed by atoms with E-state index in [1.54, 1.807) is 6.08 Å². The number of hydrogen-bond donors (Lipinski definition) is 1. The molecule has 0 saturated heterocycles. The van der Waals surface area contributed by atoms with Crippen LogP contribution >= 0.6 is 0 Å². The largest absolute Gasteiger partial charge is 0.328 e. The number of ketones is 1. The second-order valence-corrected chi connectivity index (χ2v) is 2.55. The van der Waals surface area contributed by atoms with Gasteiger partial charge in [0.2, 0.25) is 0 Å². The van der Waals surface area contributed by atoms with Crippen molar-refractivity contribution in [3.05, 3.63) is 12.7 Å². The van der Waals surface area contributed by atoms with Crippen LogP contribution in [0.5, 0.6) is 0 Å². The summed E-state index contributed by atoms with van der Waals surface area (Å²) >= 11 is 0. The maximum absolute atomic E-state index is 10.8. The zero-order valence-corrected chi connectivity index (χ0v) is 6.47. The molecule has 0 aromatic heterocycles. The van der Waals surface area contributed by atoms with Crippen molar-refractivity contribution < 1.29 is 4.79 Å². The Morgan fingerprint density at radius 3 is 2.80 bits per heavy atom. The van der Waals surface area contributed by atoms with Crippen molar-refractivity contribution in [1.29, 1.82) is 0 Å². The van der Waals surface area contributed by atoms with Crippen LogP contribution in [0.3, 0.4) is 0 Å². The molecule has 58 valence electrons. The van der Waals surface area contributed by atoms with Gasteiger partial charge >= 0.3 is 0 Å². The van der Waals surface area contributed by atoms with Crippen LogP contribution in [0.25, 0.3) is 0 Å². The summed E-state index contributed by atoms with van der Waals surface area (Å²) in [5, 5.41) is 0. The van der Waals surface area contributed by atoms with Crippen molar-refractivity contribution in [3.8, 4) is 0 Å². The topological polar surface area (TPSA) is 43.1 Å². The van der Waals surface area contributed by atoms with Crippen LogP contribution < -0.4 is 5.73 Å². The lowest BCUT2D eigenvalue weighted by Gasteiger charge is -2.01. The van der Waals surface area contributed by atoms with Gasteiger partial charge in [0.05, 0.1) is 0 Å². The highest BCUT2D eigenvalue weighted by Gasteiger charge is 2.00. The molecule has 0 saturated carbocycles. The molecule has 0 amide bonds. The maximum atomic E-state index is 10.8. The van der Waals surface area contributed by atoms with Gasteiger partial charge in [0.15, 0.2) is 0 Å². The molecule has 10 heavy (non-hydrogen) atoms. The van der Waals surface area contributed by atoms with E-state index < -0.39 is 0 Å². The van der Waals surface area contributed by atoms with Crippen molar-refractivity contribution >= 4 is 5.78 Å². The fraction of sp³-hybridized carbons (Fsp3) is 0.625. The molecular weight excluding hydrogens is 126 g/mol. The van der Waals surface area contributed by atoms with E-state index in [1.807, 2.05) is 6.92 Å². The van der Waals surface area contributed by atoms with E-state index in [0.717, 1.165) is 6.42 Å². The van der Waals surface area contributed by atoms with E-state index in [0.29, 0.717) is 12.8 Å². The molecule has 1 atom stereocenters. The standard InChI is InChI=1S/C8H15NO/c1-3-4-8(10)6-5-7(2)9/h3,7H,1,4-6,9H2,2H3. The summed E-state index contributed by atoms with van der Waals surface area (Å²) < 4.78 is 0. The Kier molecular flexibility index (Phi) is 4.85. The minimum absolute atomic E-state index is 0.133. The molecule has 0 aromatic carbocycles. The monoisotopic (exact) mass is 141 g/mol. The first-order valence-electron chi connectivity index (χ1n) is 3.55. The number of nitrogens with two attached hydrogens (primary N) is 1. The number of allylic oxidation sites excluding steroid dienone is 1. The summed E-state index contributed by atoms with van der Waals surface area (Å²) in [7, 11) is 0. The highest BCUT2D eigenvalue weighted by atomic mass is 16.1.